The fraction of sp³-hybridized carbons (Fsp3) is 0.711. The van der Waals surface area contributed by atoms with Gasteiger partial charge in [-0.25, -0.2) is 4.98 Å². The fourth-order valence-corrected chi connectivity index (χ4v) is 8.52. The Morgan fingerprint density at radius 1 is 1.06 bits per heavy atom. The largest absolute Gasteiger partial charge is 0.379 e. The van der Waals surface area contributed by atoms with E-state index >= 15 is 0 Å². The van der Waals surface area contributed by atoms with E-state index in [1.807, 2.05) is 77.2 Å². The summed E-state index contributed by atoms with van der Waals surface area (Å²) in [5.74, 6) is 0.120. The summed E-state index contributed by atoms with van der Waals surface area (Å²) >= 11 is 3.20. The summed E-state index contributed by atoms with van der Waals surface area (Å²) in [4.78, 5) is 62.8. The van der Waals surface area contributed by atoms with Gasteiger partial charge in [0.05, 0.1) is 34.2 Å². The zero-order valence-corrected chi connectivity index (χ0v) is 33.9. The van der Waals surface area contributed by atoms with Crippen LogP contribution in [-0.4, -0.2) is 127 Å². The molecule has 0 radical (unpaired) electrons. The number of likely N-dealkylation sites (tertiary alicyclic amines) is 1. The van der Waals surface area contributed by atoms with E-state index in [0.717, 1.165) is 54.0 Å². The number of aromatic nitrogens is 1. The predicted molar refractivity (Wildman–Crippen MR) is 209 cm³/mol. The molecule has 1 fully saturated rings. The molecule has 2 aromatic rings. The molecule has 0 saturated carbocycles. The number of thioether (sulfide) groups is 1. The highest BCUT2D eigenvalue weighted by molar-refractivity contribution is 7.99. The van der Waals surface area contributed by atoms with E-state index in [-0.39, 0.29) is 65.1 Å². The molecule has 1 aliphatic heterocycles. The second-order valence-corrected chi connectivity index (χ2v) is 16.9. The first-order valence-corrected chi connectivity index (χ1v) is 20.5. The number of ether oxygens (including phenoxy) is 1. The molecule has 0 aliphatic carbocycles. The van der Waals surface area contributed by atoms with Crippen LogP contribution in [0.3, 0.4) is 0 Å². The lowest BCUT2D eigenvalue weighted by Crippen LogP contribution is -2.47. The number of carbonyl (C=O) groups is 4. The number of methoxy groups -OCH3 is 1. The molecule has 11 nitrogen and oxygen atoms in total. The monoisotopic (exact) mass is 746 g/mol. The number of nitrogens with one attached hydrogen (secondary N) is 2. The molecule has 13 heteroatoms. The Balaban J connectivity index is 1.40. The first-order valence-electron chi connectivity index (χ1n) is 18.4. The van der Waals surface area contributed by atoms with Crippen molar-refractivity contribution in [3.8, 4) is 0 Å². The van der Waals surface area contributed by atoms with Gasteiger partial charge in [-0.3, -0.25) is 24.1 Å². The molecule has 6 atom stereocenters. The van der Waals surface area contributed by atoms with Crippen LogP contribution >= 0.6 is 23.1 Å². The number of rotatable bonds is 22. The summed E-state index contributed by atoms with van der Waals surface area (Å²) in [7, 11) is 7.12. The van der Waals surface area contributed by atoms with Crippen LogP contribution in [0.25, 0.3) is 10.2 Å². The Kier molecular flexibility index (Phi) is 17.8. The van der Waals surface area contributed by atoms with Crippen LogP contribution in [-0.2, 0) is 30.5 Å². The fourth-order valence-electron chi connectivity index (χ4n) is 6.90. The Morgan fingerprint density at radius 3 is 2.43 bits per heavy atom. The van der Waals surface area contributed by atoms with Crippen molar-refractivity contribution >= 4 is 56.8 Å². The minimum atomic E-state index is -0.390. The van der Waals surface area contributed by atoms with Gasteiger partial charge in [0, 0.05) is 52.0 Å². The third-order valence-electron chi connectivity index (χ3n) is 9.98. The van der Waals surface area contributed by atoms with Crippen LogP contribution in [0.2, 0.25) is 0 Å². The summed E-state index contributed by atoms with van der Waals surface area (Å²) in [5, 5.41) is 6.88. The molecule has 286 valence electrons. The summed E-state index contributed by atoms with van der Waals surface area (Å²) in [5.41, 5.74) is 0.961. The second kappa shape index (κ2) is 21.2. The number of amides is 3. The molecule has 1 aromatic carbocycles. The number of hydrogen-bond donors (Lipinski definition) is 2. The topological polar surface area (TPSA) is 124 Å². The molecule has 3 amide bonds. The SMILES string of the molecule is COC(CC(=O)C(C)CCN1CCCC1CC(SC)C(=O)NCc1nc2ccccc2s1)CN(C)C(=O)CC(C)CNC(=O)C(C(C)C)N(C)C. The Morgan fingerprint density at radius 2 is 1.78 bits per heavy atom. The van der Waals surface area contributed by atoms with Crippen molar-refractivity contribution in [1.82, 2.24) is 30.3 Å². The van der Waals surface area contributed by atoms with E-state index in [9.17, 15) is 19.2 Å². The molecule has 3 rings (SSSR count). The Bertz CT molecular complexity index is 1380. The lowest BCUT2D eigenvalue weighted by molar-refractivity contribution is -0.134. The molecule has 0 spiro atoms. The Hall–Kier alpha value is -2.58. The van der Waals surface area contributed by atoms with Gasteiger partial charge in [0.25, 0.3) is 0 Å². The van der Waals surface area contributed by atoms with Crippen molar-refractivity contribution in [2.75, 3.05) is 60.7 Å². The highest BCUT2D eigenvalue weighted by Gasteiger charge is 2.31. The third kappa shape index (κ3) is 13.4. The maximum Gasteiger partial charge on any atom is 0.237 e. The van der Waals surface area contributed by atoms with E-state index in [4.69, 9.17) is 4.74 Å². The molecule has 1 saturated heterocycles. The van der Waals surface area contributed by atoms with Crippen molar-refractivity contribution in [2.24, 2.45) is 17.8 Å². The third-order valence-corrected chi connectivity index (χ3v) is 12.0. The van der Waals surface area contributed by atoms with E-state index in [0.29, 0.717) is 32.1 Å². The minimum Gasteiger partial charge on any atom is -0.379 e. The normalized spacial score (nSPS) is 18.1. The number of nitrogens with zero attached hydrogens (tertiary/aromatic N) is 4. The highest BCUT2D eigenvalue weighted by atomic mass is 32.2. The zero-order chi connectivity index (χ0) is 37.7. The number of fused-ring (bicyclic) bond motifs is 1. The van der Waals surface area contributed by atoms with Crippen molar-refractivity contribution in [2.45, 2.75) is 96.2 Å². The van der Waals surface area contributed by atoms with Crippen molar-refractivity contribution in [3.63, 3.8) is 0 Å². The summed E-state index contributed by atoms with van der Waals surface area (Å²) in [6.45, 7) is 10.9. The zero-order valence-electron chi connectivity index (χ0n) is 32.3. The van der Waals surface area contributed by atoms with Crippen LogP contribution in [0, 0.1) is 17.8 Å². The number of para-hydroxylation sites is 1. The van der Waals surface area contributed by atoms with Crippen molar-refractivity contribution in [1.29, 1.82) is 0 Å². The average Bonchev–Trinajstić information content (AvgIpc) is 3.72. The standard InChI is InChI=1S/C38H62N6O5S2/c1-25(2)36(42(5)6)38(48)39-22-26(3)19-35(46)43(7)24-29(49-8)21-31(45)27(4)16-18-44-17-12-13-28(44)20-33(50-9)37(47)40-23-34-41-30-14-10-11-15-32(30)51-34/h10-11,14-15,25-29,33,36H,12-13,16-24H2,1-9H3,(H,39,48)(H,40,47). The number of thiazole rings is 1. The lowest BCUT2D eigenvalue weighted by Gasteiger charge is -2.28. The first-order chi connectivity index (χ1) is 24.2. The van der Waals surface area contributed by atoms with Gasteiger partial charge < -0.3 is 25.2 Å². The molecule has 2 N–H and O–H groups in total. The summed E-state index contributed by atoms with van der Waals surface area (Å²) in [6, 6.07) is 8.10. The number of benzene rings is 1. The van der Waals surface area contributed by atoms with Gasteiger partial charge in [-0.05, 0) is 83.1 Å². The maximum absolute atomic E-state index is 13.3. The first kappa shape index (κ1) is 42.8. The van der Waals surface area contributed by atoms with Crippen LogP contribution < -0.4 is 10.6 Å². The molecule has 1 aliphatic rings. The van der Waals surface area contributed by atoms with Crippen LogP contribution in [0.5, 0.6) is 0 Å². The molecule has 2 heterocycles. The second-order valence-electron chi connectivity index (χ2n) is 14.8. The molecular formula is C38H62N6O5S2. The van der Waals surface area contributed by atoms with Gasteiger partial charge in [0.1, 0.15) is 10.8 Å². The molecule has 1 aromatic heterocycles. The summed E-state index contributed by atoms with van der Waals surface area (Å²) < 4.78 is 6.78. The van der Waals surface area contributed by atoms with Crippen LogP contribution in [0.4, 0.5) is 0 Å². The highest BCUT2D eigenvalue weighted by Crippen LogP contribution is 2.27. The number of hydrogen-bond acceptors (Lipinski definition) is 10. The van der Waals surface area contributed by atoms with Crippen LogP contribution in [0.15, 0.2) is 24.3 Å². The molecular weight excluding hydrogens is 685 g/mol. The lowest BCUT2D eigenvalue weighted by atomic mass is 9.97. The maximum atomic E-state index is 13.3. The van der Waals surface area contributed by atoms with Gasteiger partial charge in [-0.1, -0.05) is 39.8 Å². The van der Waals surface area contributed by atoms with Crippen molar-refractivity contribution < 1.29 is 23.9 Å². The van der Waals surface area contributed by atoms with Crippen molar-refractivity contribution in [3.05, 3.63) is 29.3 Å². The predicted octanol–water partition coefficient (Wildman–Crippen LogP) is 4.69. The van der Waals surface area contributed by atoms with E-state index in [1.165, 1.54) is 0 Å². The van der Waals surface area contributed by atoms with E-state index in [1.54, 1.807) is 42.2 Å². The van der Waals surface area contributed by atoms with E-state index < -0.39 is 0 Å². The van der Waals surface area contributed by atoms with Crippen LogP contribution in [0.1, 0.15) is 71.2 Å². The van der Waals surface area contributed by atoms with Gasteiger partial charge in [-0.2, -0.15) is 11.8 Å². The smallest absolute Gasteiger partial charge is 0.237 e. The molecule has 0 bridgehead atoms. The van der Waals surface area contributed by atoms with Gasteiger partial charge in [0.15, 0.2) is 0 Å². The Labute approximate surface area is 314 Å². The number of carbonyl (C=O) groups excluding carboxylic acids is 4. The van der Waals surface area contributed by atoms with Gasteiger partial charge in [0.2, 0.25) is 17.7 Å². The molecule has 6 unspecified atom stereocenters. The quantitative estimate of drug-likeness (QED) is 0.177. The van der Waals surface area contributed by atoms with Gasteiger partial charge >= 0.3 is 0 Å². The number of ketones is 1. The average molecular weight is 747 g/mol. The molecule has 51 heavy (non-hydrogen) atoms. The minimum absolute atomic E-state index is 0.0269. The number of Topliss-reactive ketones (excluding diaryl/α,β-unsaturated/α-hetero) is 1. The van der Waals surface area contributed by atoms with E-state index in [2.05, 4.69) is 20.5 Å². The number of likely N-dealkylation sites (N-methyl/N-ethyl adjacent to an activating group) is 2. The van der Waals surface area contributed by atoms with Gasteiger partial charge in [-0.15, -0.1) is 11.3 Å². The summed E-state index contributed by atoms with van der Waals surface area (Å²) in [6.07, 6.45) is 5.81.